The number of ether oxygens (including phenoxy) is 2. The van der Waals surface area contributed by atoms with Crippen LogP contribution in [-0.2, 0) is 14.8 Å². The van der Waals surface area contributed by atoms with Crippen LogP contribution in [0.15, 0.2) is 76.1 Å². The number of benzene rings is 3. The van der Waals surface area contributed by atoms with Gasteiger partial charge in [-0.05, 0) is 80.4 Å². The molecule has 3 aromatic carbocycles. The fourth-order valence-electron chi connectivity index (χ4n) is 3.55. The Labute approximate surface area is 215 Å². The summed E-state index contributed by atoms with van der Waals surface area (Å²) in [5.74, 6) is 0.370. The van der Waals surface area contributed by atoms with Crippen molar-refractivity contribution >= 4 is 37.5 Å². The summed E-state index contributed by atoms with van der Waals surface area (Å²) in [4.78, 5) is 13.1. The summed E-state index contributed by atoms with van der Waals surface area (Å²) in [6, 6.07) is 18.8. The summed E-state index contributed by atoms with van der Waals surface area (Å²) in [5.41, 5.74) is 1.99. The Kier molecular flexibility index (Phi) is 8.80. The summed E-state index contributed by atoms with van der Waals surface area (Å²) in [6.45, 7) is 5.59. The van der Waals surface area contributed by atoms with Gasteiger partial charge in [0.1, 0.15) is 22.9 Å². The largest absolute Gasteiger partial charge is 0.495 e. The number of rotatable bonds is 10. The van der Waals surface area contributed by atoms with Crippen LogP contribution in [0.5, 0.6) is 11.5 Å². The average molecular weight is 561 g/mol. The van der Waals surface area contributed by atoms with E-state index >= 15 is 0 Å². The number of methoxy groups -OCH3 is 1. The number of halogens is 1. The number of carbonyl (C=O) groups is 1. The molecule has 0 aliphatic heterocycles. The summed E-state index contributed by atoms with van der Waals surface area (Å²) in [7, 11) is -2.73. The van der Waals surface area contributed by atoms with Gasteiger partial charge in [-0.1, -0.05) is 34.1 Å². The van der Waals surface area contributed by atoms with E-state index < -0.39 is 22.5 Å². The lowest BCUT2D eigenvalue weighted by Gasteiger charge is -2.26. The number of amides is 1. The lowest BCUT2D eigenvalue weighted by molar-refractivity contribution is -0.120. The molecule has 186 valence electrons. The van der Waals surface area contributed by atoms with Gasteiger partial charge in [-0.2, -0.15) is 0 Å². The van der Waals surface area contributed by atoms with E-state index in [1.807, 2.05) is 38.1 Å². The minimum absolute atomic E-state index is 0.0114. The molecule has 0 spiro atoms. The van der Waals surface area contributed by atoms with Gasteiger partial charge in [0.05, 0.1) is 25.4 Å². The number of aryl methyl sites for hydroxylation is 1. The van der Waals surface area contributed by atoms with Crippen molar-refractivity contribution in [2.24, 2.45) is 0 Å². The third-order valence-corrected chi connectivity index (χ3v) is 7.68. The molecule has 0 bridgehead atoms. The molecule has 1 atom stereocenters. The highest BCUT2D eigenvalue weighted by Gasteiger charge is 2.30. The van der Waals surface area contributed by atoms with Crippen LogP contribution in [0, 0.1) is 6.92 Å². The number of hydrogen-bond donors (Lipinski definition) is 1. The zero-order valence-corrected chi connectivity index (χ0v) is 22.5. The molecule has 0 saturated heterocycles. The van der Waals surface area contributed by atoms with Crippen LogP contribution in [0.25, 0.3) is 0 Å². The van der Waals surface area contributed by atoms with Crippen molar-refractivity contribution in [3.8, 4) is 11.5 Å². The van der Waals surface area contributed by atoms with Gasteiger partial charge < -0.3 is 14.8 Å². The molecule has 1 N–H and O–H groups in total. The van der Waals surface area contributed by atoms with Crippen LogP contribution in [0.4, 0.5) is 5.69 Å². The maximum Gasteiger partial charge on any atom is 0.268 e. The first-order chi connectivity index (χ1) is 16.6. The third-order valence-electron chi connectivity index (χ3n) is 5.36. The quantitative estimate of drug-likeness (QED) is 0.366. The normalized spacial score (nSPS) is 12.0. The molecule has 0 heterocycles. The molecule has 0 fully saturated rings. The molecule has 0 radical (unpaired) electrons. The van der Waals surface area contributed by atoms with Gasteiger partial charge in [-0.3, -0.25) is 9.10 Å². The van der Waals surface area contributed by atoms with Crippen molar-refractivity contribution in [1.29, 1.82) is 0 Å². The third kappa shape index (κ3) is 6.55. The van der Waals surface area contributed by atoms with Crippen molar-refractivity contribution in [2.75, 3.05) is 24.6 Å². The van der Waals surface area contributed by atoms with Gasteiger partial charge in [0.2, 0.25) is 5.91 Å². The lowest BCUT2D eigenvalue weighted by Crippen LogP contribution is -2.41. The van der Waals surface area contributed by atoms with Gasteiger partial charge in [0.25, 0.3) is 10.0 Å². The molecule has 3 rings (SSSR count). The minimum atomic E-state index is -4.15. The molecule has 0 aromatic heterocycles. The number of hydrogen-bond acceptors (Lipinski definition) is 5. The minimum Gasteiger partial charge on any atom is -0.495 e. The van der Waals surface area contributed by atoms with Gasteiger partial charge >= 0.3 is 0 Å². The first kappa shape index (κ1) is 26.6. The number of nitrogens with one attached hydrogen (secondary N) is 1. The Morgan fingerprint density at radius 2 is 1.71 bits per heavy atom. The predicted octanol–water partition coefficient (Wildman–Crippen LogP) is 5.24. The molecule has 1 amide bonds. The molecule has 0 unspecified atom stereocenters. The Morgan fingerprint density at radius 1 is 1.06 bits per heavy atom. The zero-order valence-electron chi connectivity index (χ0n) is 20.1. The second-order valence-electron chi connectivity index (χ2n) is 7.93. The van der Waals surface area contributed by atoms with Crippen LogP contribution in [0.1, 0.15) is 31.0 Å². The van der Waals surface area contributed by atoms with E-state index in [4.69, 9.17) is 9.47 Å². The maximum atomic E-state index is 13.8. The highest BCUT2D eigenvalue weighted by atomic mass is 79.9. The predicted molar refractivity (Wildman–Crippen MR) is 141 cm³/mol. The summed E-state index contributed by atoms with van der Waals surface area (Å²) in [5, 5.41) is 2.89. The molecule has 0 saturated carbocycles. The number of nitrogens with zero attached hydrogens (tertiary/aromatic N) is 1. The van der Waals surface area contributed by atoms with Gasteiger partial charge in [-0.25, -0.2) is 8.42 Å². The maximum absolute atomic E-state index is 13.8. The fraction of sp³-hybridized carbons (Fsp3) is 0.269. The average Bonchev–Trinajstić information content (AvgIpc) is 2.83. The summed E-state index contributed by atoms with van der Waals surface area (Å²) >= 11 is 3.40. The van der Waals surface area contributed by atoms with Crippen molar-refractivity contribution in [2.45, 2.75) is 31.7 Å². The van der Waals surface area contributed by atoms with Crippen molar-refractivity contribution in [3.63, 3.8) is 0 Å². The number of carbonyl (C=O) groups excluding carboxylic acids is 1. The fourth-order valence-corrected chi connectivity index (χ4v) is 5.48. The van der Waals surface area contributed by atoms with E-state index in [9.17, 15) is 13.2 Å². The van der Waals surface area contributed by atoms with Gasteiger partial charge in [-0.15, -0.1) is 0 Å². The van der Waals surface area contributed by atoms with Crippen molar-refractivity contribution < 1.29 is 22.7 Å². The molecular weight excluding hydrogens is 532 g/mol. The van der Waals surface area contributed by atoms with Crippen LogP contribution in [0.3, 0.4) is 0 Å². The SMILES string of the molecule is CCOc1ccc(N(CC(=O)N[C@H](C)c2ccc(Br)cc2)S(=O)(=O)c2cc(C)ccc2OC)cc1. The van der Waals surface area contributed by atoms with Crippen LogP contribution in [0.2, 0.25) is 0 Å². The first-order valence-corrected chi connectivity index (χ1v) is 13.3. The van der Waals surface area contributed by atoms with E-state index in [1.165, 1.54) is 13.2 Å². The van der Waals surface area contributed by atoms with E-state index in [2.05, 4.69) is 21.2 Å². The standard InChI is InChI=1S/C26H29BrN2O5S/c1-5-34-23-13-11-22(12-14-23)29(35(31,32)25-16-18(2)6-15-24(25)33-4)17-26(30)28-19(3)20-7-9-21(27)10-8-20/h6-16,19H,5,17H2,1-4H3,(H,28,30)/t19-/m1/s1. The Hall–Kier alpha value is -3.04. The summed E-state index contributed by atoms with van der Waals surface area (Å²) in [6.07, 6.45) is 0. The highest BCUT2D eigenvalue weighted by molar-refractivity contribution is 9.10. The molecule has 35 heavy (non-hydrogen) atoms. The topological polar surface area (TPSA) is 84.9 Å². The van der Waals surface area contributed by atoms with E-state index in [1.54, 1.807) is 43.3 Å². The number of sulfonamides is 1. The first-order valence-electron chi connectivity index (χ1n) is 11.1. The molecule has 0 aliphatic rings. The monoisotopic (exact) mass is 560 g/mol. The summed E-state index contributed by atoms with van der Waals surface area (Å²) < 4.78 is 40.5. The van der Waals surface area contributed by atoms with Crippen LogP contribution < -0.4 is 19.1 Å². The van der Waals surface area contributed by atoms with E-state index in [0.29, 0.717) is 18.0 Å². The van der Waals surface area contributed by atoms with Crippen LogP contribution in [-0.4, -0.2) is 34.6 Å². The van der Waals surface area contributed by atoms with Crippen molar-refractivity contribution in [1.82, 2.24) is 5.32 Å². The highest BCUT2D eigenvalue weighted by Crippen LogP contribution is 2.31. The molecule has 0 aliphatic carbocycles. The van der Waals surface area contributed by atoms with Crippen molar-refractivity contribution in [3.05, 3.63) is 82.3 Å². The Morgan fingerprint density at radius 3 is 2.31 bits per heavy atom. The second kappa shape index (κ2) is 11.6. The second-order valence-corrected chi connectivity index (χ2v) is 10.7. The molecule has 9 heteroatoms. The molecule has 3 aromatic rings. The molecule has 7 nitrogen and oxygen atoms in total. The smallest absolute Gasteiger partial charge is 0.268 e. The van der Waals surface area contributed by atoms with E-state index in [0.717, 1.165) is 19.9 Å². The number of anilines is 1. The van der Waals surface area contributed by atoms with Gasteiger partial charge in [0, 0.05) is 4.47 Å². The van der Waals surface area contributed by atoms with Gasteiger partial charge in [0.15, 0.2) is 0 Å². The van der Waals surface area contributed by atoms with Crippen LogP contribution >= 0.6 is 15.9 Å². The Bertz CT molecular complexity index is 1260. The molecular formula is C26H29BrN2O5S. The zero-order chi connectivity index (χ0) is 25.6. The lowest BCUT2D eigenvalue weighted by atomic mass is 10.1. The van der Waals surface area contributed by atoms with E-state index in [-0.39, 0.29) is 16.7 Å². The Balaban J connectivity index is 1.96.